The fourth-order valence-corrected chi connectivity index (χ4v) is 5.66. The molecule has 0 aliphatic heterocycles. The Morgan fingerprint density at radius 2 is 1.22 bits per heavy atom. The Morgan fingerprint density at radius 3 is 1.91 bits per heavy atom. The van der Waals surface area contributed by atoms with E-state index in [4.69, 9.17) is 0 Å². The zero-order chi connectivity index (χ0) is 28.9. The third-order valence-electron chi connectivity index (χ3n) is 7.83. The fraction of sp³-hybridized carbons (Fsp3) is 0.122. The standard InChI is InChI=1S/C22H19.C17H15.2CH3.2ClH.Si.Zr/c1-15(2)20-13-18-8-5-9-21(22(18)14-20)19-11-10-16-6-3-4-7-17(16)12-19;1-12-10-16-13(2)8-9-15(17(16)11-12)14-6-4-3-5-7-14;;;;;;/h3-15H,1-2H3;3-11H,1-2H3;2*1H3;2*1H;;/q4*-1;;;;. The van der Waals surface area contributed by atoms with Crippen LogP contribution in [0, 0.1) is 28.7 Å². The Balaban J connectivity index is 0.000000402. The number of benzene rings is 5. The first-order chi connectivity index (χ1) is 20.0. The quantitative estimate of drug-likeness (QED) is 0.126. The van der Waals surface area contributed by atoms with Crippen LogP contribution in [0.3, 0.4) is 0 Å². The third-order valence-corrected chi connectivity index (χ3v) is 7.83. The van der Waals surface area contributed by atoms with Crippen molar-refractivity contribution in [3.63, 3.8) is 0 Å². The molecule has 45 heavy (non-hydrogen) atoms. The SMILES string of the molecule is CC(C)c1cc2c(-c3ccc4ccccc4c3)cccc2[cH-]1.Cc1cc2c(-c3ccccc3)ccc(C)c2[cH-]1.Cl.Cl.[CH3-].[CH3-].[Si]=[Zr]. The molecule has 2 radical (unpaired) electrons. The molecule has 0 bridgehead atoms. The molecule has 232 valence electrons. The summed E-state index contributed by atoms with van der Waals surface area (Å²) < 4.78 is 0. The van der Waals surface area contributed by atoms with E-state index in [1.807, 2.05) is 0 Å². The number of fused-ring (bicyclic) bond motifs is 3. The van der Waals surface area contributed by atoms with Crippen molar-refractivity contribution < 1.29 is 23.3 Å². The van der Waals surface area contributed by atoms with Gasteiger partial charge in [0.05, 0.1) is 0 Å². The molecule has 0 heterocycles. The average molecular weight is 725 g/mol. The summed E-state index contributed by atoms with van der Waals surface area (Å²) in [5.41, 5.74) is 9.37. The molecule has 0 atom stereocenters. The van der Waals surface area contributed by atoms with Gasteiger partial charge in [0.2, 0.25) is 0 Å². The number of rotatable bonds is 3. The molecule has 7 rings (SSSR count). The Kier molecular flexibility index (Phi) is 16.5. The van der Waals surface area contributed by atoms with E-state index in [9.17, 15) is 0 Å². The van der Waals surface area contributed by atoms with Crippen LogP contribution in [0.2, 0.25) is 0 Å². The van der Waals surface area contributed by atoms with E-state index in [1.54, 1.807) is 0 Å². The summed E-state index contributed by atoms with van der Waals surface area (Å²) in [5.74, 6) is 0.567. The second-order valence-electron chi connectivity index (χ2n) is 11.0. The molecule has 0 aliphatic rings. The van der Waals surface area contributed by atoms with E-state index in [1.165, 1.54) is 94.6 Å². The molecule has 0 saturated carbocycles. The van der Waals surface area contributed by atoms with Gasteiger partial charge in [0.15, 0.2) is 0 Å². The van der Waals surface area contributed by atoms with E-state index in [-0.39, 0.29) is 39.7 Å². The first-order valence-corrected chi connectivity index (χ1v) is 18.3. The third kappa shape index (κ3) is 8.96. The van der Waals surface area contributed by atoms with Gasteiger partial charge in [-0.1, -0.05) is 118 Å². The van der Waals surface area contributed by atoms with Gasteiger partial charge in [-0.05, 0) is 33.9 Å². The molecular formula is C41H42Cl2SiZr-4. The van der Waals surface area contributed by atoms with E-state index in [0.29, 0.717) is 5.92 Å². The van der Waals surface area contributed by atoms with Gasteiger partial charge < -0.3 is 14.9 Å². The molecule has 0 nitrogen and oxygen atoms in total. The fourth-order valence-electron chi connectivity index (χ4n) is 5.66. The van der Waals surface area contributed by atoms with E-state index in [0.717, 1.165) is 0 Å². The Labute approximate surface area is 300 Å². The zero-order valence-electron chi connectivity index (χ0n) is 27.0. The Morgan fingerprint density at radius 1 is 0.578 bits per heavy atom. The zero-order valence-corrected chi connectivity index (χ0v) is 32.1. The topological polar surface area (TPSA) is 0 Å². The van der Waals surface area contributed by atoms with Crippen molar-refractivity contribution in [2.45, 2.75) is 33.6 Å². The second kappa shape index (κ2) is 18.4. The second-order valence-corrected chi connectivity index (χ2v) is 11.0. The minimum absolute atomic E-state index is 0. The first kappa shape index (κ1) is 40.3. The first-order valence-electron chi connectivity index (χ1n) is 14.1. The summed E-state index contributed by atoms with van der Waals surface area (Å²) >= 11 is 1.36. The molecule has 0 saturated heterocycles. The summed E-state index contributed by atoms with van der Waals surface area (Å²) in [6, 6.07) is 46.2. The van der Waals surface area contributed by atoms with Crippen LogP contribution >= 0.6 is 24.8 Å². The predicted octanol–water partition coefficient (Wildman–Crippen LogP) is 12.7. The van der Waals surface area contributed by atoms with Crippen molar-refractivity contribution in [3.05, 3.63) is 159 Å². The summed E-state index contributed by atoms with van der Waals surface area (Å²) in [4.78, 5) is 0. The van der Waals surface area contributed by atoms with Gasteiger partial charge in [0.25, 0.3) is 0 Å². The summed E-state index contributed by atoms with van der Waals surface area (Å²) in [6.07, 6.45) is 0. The van der Waals surface area contributed by atoms with Crippen LogP contribution in [-0.4, -0.2) is 6.88 Å². The van der Waals surface area contributed by atoms with Gasteiger partial charge in [-0.2, -0.15) is 12.1 Å². The van der Waals surface area contributed by atoms with Crippen LogP contribution < -0.4 is 0 Å². The minimum atomic E-state index is 0. The molecular weight excluding hydrogens is 683 g/mol. The van der Waals surface area contributed by atoms with Gasteiger partial charge in [0, 0.05) is 0 Å². The van der Waals surface area contributed by atoms with Crippen molar-refractivity contribution >= 4 is 64.0 Å². The van der Waals surface area contributed by atoms with Gasteiger partial charge in [-0.3, -0.25) is 0 Å². The molecule has 4 heteroatoms. The van der Waals surface area contributed by atoms with E-state index in [2.05, 4.69) is 162 Å². The normalized spacial score (nSPS) is 9.87. The van der Waals surface area contributed by atoms with Crippen LogP contribution in [0.15, 0.2) is 127 Å². The van der Waals surface area contributed by atoms with Gasteiger partial charge in [0.1, 0.15) is 0 Å². The number of hydrogen-bond acceptors (Lipinski definition) is 0. The molecule has 0 fully saturated rings. The summed E-state index contributed by atoms with van der Waals surface area (Å²) in [5, 5.41) is 8.05. The molecule has 7 aromatic rings. The molecule has 0 N–H and O–H groups in total. The van der Waals surface area contributed by atoms with E-state index >= 15 is 0 Å². The van der Waals surface area contributed by atoms with Crippen molar-refractivity contribution in [2.24, 2.45) is 0 Å². The number of aryl methyl sites for hydroxylation is 2. The monoisotopic (exact) mass is 722 g/mol. The van der Waals surface area contributed by atoms with Crippen molar-refractivity contribution in [2.75, 3.05) is 0 Å². The number of halogens is 2. The van der Waals surface area contributed by atoms with Crippen LogP contribution in [0.4, 0.5) is 0 Å². The van der Waals surface area contributed by atoms with Crippen LogP contribution in [0.25, 0.3) is 54.6 Å². The summed E-state index contributed by atoms with van der Waals surface area (Å²) in [7, 11) is 0. The molecule has 0 aromatic heterocycles. The van der Waals surface area contributed by atoms with Gasteiger partial charge >= 0.3 is 30.2 Å². The Hall–Kier alpha value is -2.74. The molecule has 7 aromatic carbocycles. The van der Waals surface area contributed by atoms with Gasteiger partial charge in [-0.25, -0.2) is 0 Å². The van der Waals surface area contributed by atoms with Crippen molar-refractivity contribution in [3.8, 4) is 22.3 Å². The van der Waals surface area contributed by atoms with Gasteiger partial charge in [-0.15, -0.1) is 93.4 Å². The molecule has 0 spiro atoms. The number of hydrogen-bond donors (Lipinski definition) is 0. The van der Waals surface area contributed by atoms with Crippen LogP contribution in [0.5, 0.6) is 0 Å². The van der Waals surface area contributed by atoms with E-state index < -0.39 is 0 Å². The maximum atomic E-state index is 3.06. The molecule has 0 unspecified atom stereocenters. The predicted molar refractivity (Wildman–Crippen MR) is 204 cm³/mol. The Bertz CT molecular complexity index is 1930. The van der Waals surface area contributed by atoms with Crippen LogP contribution in [-0.2, 0) is 23.3 Å². The average Bonchev–Trinajstić information content (AvgIpc) is 3.63. The molecule has 0 amide bonds. The van der Waals surface area contributed by atoms with Crippen molar-refractivity contribution in [1.82, 2.24) is 0 Å². The summed E-state index contributed by atoms with van der Waals surface area (Å²) in [6.45, 7) is 11.9. The van der Waals surface area contributed by atoms with Crippen LogP contribution in [0.1, 0.15) is 36.5 Å². The molecule has 0 aliphatic carbocycles. The maximum absolute atomic E-state index is 3.06. The van der Waals surface area contributed by atoms with Crippen molar-refractivity contribution in [1.29, 1.82) is 0 Å².